The largest absolute Gasteiger partial charge is 0.378 e. The highest BCUT2D eigenvalue weighted by Crippen LogP contribution is 2.13. The van der Waals surface area contributed by atoms with Gasteiger partial charge in [0.15, 0.2) is 18.9 Å². The van der Waals surface area contributed by atoms with E-state index in [1.807, 2.05) is 6.07 Å². The minimum Gasteiger partial charge on any atom is -0.378 e. The van der Waals surface area contributed by atoms with Crippen LogP contribution in [-0.4, -0.2) is 14.1 Å². The van der Waals surface area contributed by atoms with Crippen LogP contribution in [0, 0.1) is 0 Å². The molecule has 0 spiro atoms. The van der Waals surface area contributed by atoms with E-state index >= 15 is 0 Å². The van der Waals surface area contributed by atoms with Crippen molar-refractivity contribution in [2.24, 2.45) is 0 Å². The van der Waals surface area contributed by atoms with E-state index < -0.39 is 0 Å². The van der Waals surface area contributed by atoms with Crippen LogP contribution in [0.2, 0.25) is 0 Å². The zero-order chi connectivity index (χ0) is 13.5. The predicted octanol–water partition coefficient (Wildman–Crippen LogP) is 3.14. The summed E-state index contributed by atoms with van der Waals surface area (Å²) in [4.78, 5) is 2.11. The van der Waals surface area contributed by atoms with Crippen molar-refractivity contribution >= 4 is 11.8 Å². The first-order chi connectivity index (χ1) is 9.25. The Morgan fingerprint density at radius 3 is 2.32 bits per heavy atom. The SMILES string of the molecule is CN(C)c1ccc(/C=C/CC[n+]2ccccc2)cc1. The summed E-state index contributed by atoms with van der Waals surface area (Å²) in [5.74, 6) is 0. The number of allylic oxidation sites excluding steroid dienone is 1. The van der Waals surface area contributed by atoms with Crippen molar-refractivity contribution in [3.63, 3.8) is 0 Å². The van der Waals surface area contributed by atoms with Crippen molar-refractivity contribution in [2.45, 2.75) is 13.0 Å². The van der Waals surface area contributed by atoms with Gasteiger partial charge in [-0.2, -0.15) is 0 Å². The van der Waals surface area contributed by atoms with E-state index in [1.165, 1.54) is 11.3 Å². The van der Waals surface area contributed by atoms with E-state index in [0.29, 0.717) is 0 Å². The number of nitrogens with zero attached hydrogens (tertiary/aromatic N) is 2. The van der Waals surface area contributed by atoms with Gasteiger partial charge in [0.1, 0.15) is 0 Å². The molecule has 1 heterocycles. The van der Waals surface area contributed by atoms with Crippen LogP contribution in [0.1, 0.15) is 12.0 Å². The van der Waals surface area contributed by atoms with Crippen LogP contribution in [0.15, 0.2) is 60.9 Å². The fourth-order valence-electron chi connectivity index (χ4n) is 1.91. The third-order valence-electron chi connectivity index (χ3n) is 3.05. The van der Waals surface area contributed by atoms with E-state index in [9.17, 15) is 0 Å². The Kier molecular flexibility index (Phi) is 4.73. The highest BCUT2D eigenvalue weighted by Gasteiger charge is 1.95. The molecule has 0 atom stereocenters. The Morgan fingerprint density at radius 2 is 1.68 bits per heavy atom. The summed E-state index contributed by atoms with van der Waals surface area (Å²) in [6, 6.07) is 14.8. The number of rotatable bonds is 5. The van der Waals surface area contributed by atoms with Crippen LogP contribution in [0.4, 0.5) is 5.69 Å². The first kappa shape index (κ1) is 13.3. The number of aromatic nitrogens is 1. The zero-order valence-electron chi connectivity index (χ0n) is 11.7. The van der Waals surface area contributed by atoms with E-state index in [1.54, 1.807) is 0 Å². The molecule has 0 saturated carbocycles. The summed E-state index contributed by atoms with van der Waals surface area (Å²) in [6.07, 6.45) is 9.65. The lowest BCUT2D eigenvalue weighted by molar-refractivity contribution is -0.696. The van der Waals surface area contributed by atoms with Gasteiger partial charge in [0.2, 0.25) is 0 Å². The lowest BCUT2D eigenvalue weighted by Crippen LogP contribution is -2.31. The van der Waals surface area contributed by atoms with Gasteiger partial charge in [0.25, 0.3) is 0 Å². The van der Waals surface area contributed by atoms with Gasteiger partial charge in [-0.05, 0) is 17.7 Å². The molecule has 0 aliphatic heterocycles. The first-order valence-electron chi connectivity index (χ1n) is 6.64. The quantitative estimate of drug-likeness (QED) is 0.743. The van der Waals surface area contributed by atoms with Crippen LogP contribution in [-0.2, 0) is 6.54 Å². The first-order valence-corrected chi connectivity index (χ1v) is 6.64. The molecule has 98 valence electrons. The van der Waals surface area contributed by atoms with Crippen LogP contribution in [0.25, 0.3) is 6.08 Å². The summed E-state index contributed by atoms with van der Waals surface area (Å²) in [6.45, 7) is 1.02. The van der Waals surface area contributed by atoms with Crippen molar-refractivity contribution in [1.82, 2.24) is 0 Å². The van der Waals surface area contributed by atoms with E-state index in [4.69, 9.17) is 0 Å². The van der Waals surface area contributed by atoms with Gasteiger partial charge in [0, 0.05) is 38.3 Å². The summed E-state index contributed by atoms with van der Waals surface area (Å²) in [5, 5.41) is 0. The molecule has 2 rings (SSSR count). The van der Waals surface area contributed by atoms with Crippen molar-refractivity contribution < 1.29 is 4.57 Å². The van der Waals surface area contributed by atoms with Crippen LogP contribution < -0.4 is 9.47 Å². The second-order valence-corrected chi connectivity index (χ2v) is 4.79. The Balaban J connectivity index is 1.85. The standard InChI is InChI=1S/C17H21N2/c1-18(2)17-11-9-16(10-12-17)8-4-7-15-19-13-5-3-6-14-19/h3-6,8-14H,7,15H2,1-2H3/q+1/b8-4+. The predicted molar refractivity (Wildman–Crippen MR) is 81.1 cm³/mol. The third kappa shape index (κ3) is 4.25. The average molecular weight is 253 g/mol. The van der Waals surface area contributed by atoms with Crippen LogP contribution >= 0.6 is 0 Å². The highest BCUT2D eigenvalue weighted by molar-refractivity contribution is 5.55. The third-order valence-corrected chi connectivity index (χ3v) is 3.05. The second-order valence-electron chi connectivity index (χ2n) is 4.79. The number of hydrogen-bond donors (Lipinski definition) is 0. The molecule has 0 bridgehead atoms. The molecular weight excluding hydrogens is 232 g/mol. The number of aryl methyl sites for hydroxylation is 1. The Morgan fingerprint density at radius 1 is 1.00 bits per heavy atom. The number of benzene rings is 1. The Bertz CT molecular complexity index is 513. The Labute approximate surface area is 115 Å². The zero-order valence-corrected chi connectivity index (χ0v) is 11.7. The molecule has 0 aliphatic carbocycles. The molecule has 1 aromatic heterocycles. The minimum absolute atomic E-state index is 1.02. The number of anilines is 1. The van der Waals surface area contributed by atoms with Gasteiger partial charge < -0.3 is 4.90 Å². The average Bonchev–Trinajstić information content (AvgIpc) is 2.45. The monoisotopic (exact) mass is 253 g/mol. The lowest BCUT2D eigenvalue weighted by Gasteiger charge is -2.11. The van der Waals surface area contributed by atoms with Gasteiger partial charge in [-0.25, -0.2) is 4.57 Å². The lowest BCUT2D eigenvalue weighted by atomic mass is 10.2. The molecule has 0 aliphatic rings. The molecule has 2 nitrogen and oxygen atoms in total. The van der Waals surface area contributed by atoms with Crippen molar-refractivity contribution in [2.75, 3.05) is 19.0 Å². The van der Waals surface area contributed by atoms with Crippen LogP contribution in [0.3, 0.4) is 0 Å². The topological polar surface area (TPSA) is 7.12 Å². The maximum Gasteiger partial charge on any atom is 0.168 e. The molecule has 1 aromatic carbocycles. The highest BCUT2D eigenvalue weighted by atomic mass is 15.1. The fourth-order valence-corrected chi connectivity index (χ4v) is 1.91. The summed E-state index contributed by atoms with van der Waals surface area (Å²) in [5.41, 5.74) is 2.49. The Hall–Kier alpha value is -2.09. The number of hydrogen-bond acceptors (Lipinski definition) is 1. The molecule has 19 heavy (non-hydrogen) atoms. The molecule has 0 saturated heterocycles. The molecule has 0 N–H and O–H groups in total. The molecule has 0 fully saturated rings. The van der Waals surface area contributed by atoms with E-state index in [-0.39, 0.29) is 0 Å². The number of pyridine rings is 1. The molecular formula is C17H21N2+. The van der Waals surface area contributed by atoms with Gasteiger partial charge in [-0.3, -0.25) is 0 Å². The van der Waals surface area contributed by atoms with Gasteiger partial charge in [0.05, 0.1) is 0 Å². The van der Waals surface area contributed by atoms with E-state index in [0.717, 1.165) is 13.0 Å². The molecule has 0 radical (unpaired) electrons. The van der Waals surface area contributed by atoms with Crippen molar-refractivity contribution in [3.8, 4) is 0 Å². The summed E-state index contributed by atoms with van der Waals surface area (Å²) >= 11 is 0. The minimum atomic E-state index is 1.02. The van der Waals surface area contributed by atoms with E-state index in [2.05, 4.69) is 84.5 Å². The normalized spacial score (nSPS) is 10.8. The fraction of sp³-hybridized carbons (Fsp3) is 0.235. The van der Waals surface area contributed by atoms with Gasteiger partial charge >= 0.3 is 0 Å². The molecule has 2 heteroatoms. The van der Waals surface area contributed by atoms with Crippen LogP contribution in [0.5, 0.6) is 0 Å². The molecule has 0 unspecified atom stereocenters. The second kappa shape index (κ2) is 6.74. The maximum absolute atomic E-state index is 2.23. The van der Waals surface area contributed by atoms with Crippen molar-refractivity contribution in [3.05, 3.63) is 66.5 Å². The van der Waals surface area contributed by atoms with Gasteiger partial charge in [-0.15, -0.1) is 0 Å². The van der Waals surface area contributed by atoms with Crippen molar-refractivity contribution in [1.29, 1.82) is 0 Å². The molecule has 2 aromatic rings. The smallest absolute Gasteiger partial charge is 0.168 e. The maximum atomic E-state index is 2.23. The summed E-state index contributed by atoms with van der Waals surface area (Å²) < 4.78 is 2.19. The van der Waals surface area contributed by atoms with Gasteiger partial charge in [-0.1, -0.05) is 30.4 Å². The summed E-state index contributed by atoms with van der Waals surface area (Å²) in [7, 11) is 4.11. The molecule has 0 amide bonds.